The van der Waals surface area contributed by atoms with Crippen LogP contribution in [0.15, 0.2) is 10.9 Å². The molecule has 5 heteroatoms. The molecule has 0 bridgehead atoms. The third-order valence-corrected chi connectivity index (χ3v) is 4.29. The van der Waals surface area contributed by atoms with E-state index in [9.17, 15) is 4.79 Å². The Bertz CT molecular complexity index is 399. The minimum absolute atomic E-state index is 0.0517. The first-order valence-electron chi connectivity index (χ1n) is 6.11. The highest BCUT2D eigenvalue weighted by molar-refractivity contribution is 7.07. The zero-order valence-electron chi connectivity index (χ0n) is 9.72. The molecule has 1 saturated heterocycles. The number of hydrogen-bond acceptors (Lipinski definition) is 4. The zero-order valence-corrected chi connectivity index (χ0v) is 10.5. The van der Waals surface area contributed by atoms with Crippen molar-refractivity contribution in [3.8, 4) is 0 Å². The largest absolute Gasteiger partial charge is 0.371 e. The van der Waals surface area contributed by atoms with Gasteiger partial charge < -0.3 is 9.64 Å². The van der Waals surface area contributed by atoms with E-state index < -0.39 is 0 Å². The predicted octanol–water partition coefficient (Wildman–Crippen LogP) is 1.93. The minimum atomic E-state index is -0.0517. The maximum atomic E-state index is 12.2. The highest BCUT2D eigenvalue weighted by Gasteiger charge is 2.40. The van der Waals surface area contributed by atoms with E-state index in [-0.39, 0.29) is 11.5 Å². The molecule has 1 aliphatic heterocycles. The quantitative estimate of drug-likeness (QED) is 0.767. The summed E-state index contributed by atoms with van der Waals surface area (Å²) >= 11 is 1.47. The Balaban J connectivity index is 1.73. The molecule has 0 atom stereocenters. The second-order valence-electron chi connectivity index (χ2n) is 4.84. The van der Waals surface area contributed by atoms with Crippen LogP contribution in [0.2, 0.25) is 0 Å². The molecule has 0 N–H and O–H groups in total. The molecule has 0 unspecified atom stereocenters. The summed E-state index contributed by atoms with van der Waals surface area (Å²) in [5, 5.41) is 1.82. The van der Waals surface area contributed by atoms with Crippen molar-refractivity contribution in [1.29, 1.82) is 0 Å². The SMILES string of the molecule is O=C(c1cscn1)N1CCOC2(CCCC2)C1. The van der Waals surface area contributed by atoms with Crippen LogP contribution in [0.5, 0.6) is 0 Å². The van der Waals surface area contributed by atoms with Crippen LogP contribution in [0, 0.1) is 0 Å². The number of ether oxygens (including phenoxy) is 1. The van der Waals surface area contributed by atoms with Crippen LogP contribution in [-0.4, -0.2) is 41.1 Å². The first-order valence-corrected chi connectivity index (χ1v) is 7.05. The number of carbonyl (C=O) groups excluding carboxylic acids is 1. The van der Waals surface area contributed by atoms with Crippen molar-refractivity contribution >= 4 is 17.2 Å². The number of amides is 1. The highest BCUT2D eigenvalue weighted by Crippen LogP contribution is 2.36. The van der Waals surface area contributed by atoms with Crippen LogP contribution in [-0.2, 0) is 4.74 Å². The molecular formula is C12H16N2O2S. The van der Waals surface area contributed by atoms with Crippen molar-refractivity contribution in [1.82, 2.24) is 9.88 Å². The number of rotatable bonds is 1. The molecule has 17 heavy (non-hydrogen) atoms. The normalized spacial score (nSPS) is 23.2. The summed E-state index contributed by atoms with van der Waals surface area (Å²) in [5.74, 6) is 0.0563. The van der Waals surface area contributed by atoms with Crippen molar-refractivity contribution in [2.24, 2.45) is 0 Å². The summed E-state index contributed by atoms with van der Waals surface area (Å²) in [6.45, 7) is 2.09. The summed E-state index contributed by atoms with van der Waals surface area (Å²) in [4.78, 5) is 18.2. The van der Waals surface area contributed by atoms with Crippen LogP contribution in [0.3, 0.4) is 0 Å². The van der Waals surface area contributed by atoms with Gasteiger partial charge in [0.1, 0.15) is 5.69 Å². The maximum Gasteiger partial charge on any atom is 0.273 e. The summed E-state index contributed by atoms with van der Waals surface area (Å²) in [7, 11) is 0. The molecule has 2 heterocycles. The van der Waals surface area contributed by atoms with E-state index in [0.717, 1.165) is 19.4 Å². The molecule has 1 saturated carbocycles. The molecule has 2 aliphatic rings. The van der Waals surface area contributed by atoms with Gasteiger partial charge in [-0.05, 0) is 12.8 Å². The van der Waals surface area contributed by atoms with Crippen LogP contribution in [0.1, 0.15) is 36.2 Å². The molecule has 1 aliphatic carbocycles. The van der Waals surface area contributed by atoms with Crippen LogP contribution >= 0.6 is 11.3 Å². The molecule has 0 radical (unpaired) electrons. The van der Waals surface area contributed by atoms with Crippen LogP contribution in [0.4, 0.5) is 0 Å². The molecule has 1 amide bonds. The van der Waals surface area contributed by atoms with E-state index >= 15 is 0 Å². The lowest BCUT2D eigenvalue weighted by Crippen LogP contribution is -2.52. The molecule has 0 aromatic carbocycles. The maximum absolute atomic E-state index is 12.2. The van der Waals surface area contributed by atoms with E-state index in [2.05, 4.69) is 4.98 Å². The summed E-state index contributed by atoms with van der Waals surface area (Å²) in [6, 6.07) is 0. The van der Waals surface area contributed by atoms with E-state index in [1.165, 1.54) is 24.2 Å². The Morgan fingerprint density at radius 2 is 2.29 bits per heavy atom. The van der Waals surface area contributed by atoms with Gasteiger partial charge in [-0.3, -0.25) is 4.79 Å². The topological polar surface area (TPSA) is 42.4 Å². The van der Waals surface area contributed by atoms with Crippen molar-refractivity contribution in [2.75, 3.05) is 19.7 Å². The molecular weight excluding hydrogens is 236 g/mol. The van der Waals surface area contributed by atoms with Gasteiger partial charge in [0.15, 0.2) is 0 Å². The fraction of sp³-hybridized carbons (Fsp3) is 0.667. The third-order valence-electron chi connectivity index (χ3n) is 3.70. The lowest BCUT2D eigenvalue weighted by molar-refractivity contribution is -0.0949. The van der Waals surface area contributed by atoms with Gasteiger partial charge in [-0.15, -0.1) is 11.3 Å². The Labute approximate surface area is 105 Å². The Morgan fingerprint density at radius 3 is 3.00 bits per heavy atom. The van der Waals surface area contributed by atoms with E-state index in [4.69, 9.17) is 4.74 Å². The molecule has 92 valence electrons. The number of morpholine rings is 1. The predicted molar refractivity (Wildman–Crippen MR) is 65.2 cm³/mol. The Hall–Kier alpha value is -0.940. The number of carbonyl (C=O) groups is 1. The molecule has 4 nitrogen and oxygen atoms in total. The molecule has 1 spiro atoms. The van der Waals surface area contributed by atoms with Crippen molar-refractivity contribution in [3.05, 3.63) is 16.6 Å². The molecule has 2 fully saturated rings. The smallest absolute Gasteiger partial charge is 0.273 e. The van der Waals surface area contributed by atoms with Crippen molar-refractivity contribution in [3.63, 3.8) is 0 Å². The fourth-order valence-corrected chi connectivity index (χ4v) is 3.35. The third kappa shape index (κ3) is 2.09. The second-order valence-corrected chi connectivity index (χ2v) is 5.56. The number of aromatic nitrogens is 1. The van der Waals surface area contributed by atoms with Crippen molar-refractivity contribution < 1.29 is 9.53 Å². The van der Waals surface area contributed by atoms with Gasteiger partial charge in [0, 0.05) is 11.9 Å². The van der Waals surface area contributed by atoms with Crippen LogP contribution < -0.4 is 0 Å². The summed E-state index contributed by atoms with van der Waals surface area (Å²) in [6.07, 6.45) is 4.62. The zero-order chi connectivity index (χ0) is 11.7. The Kier molecular flexibility index (Phi) is 2.88. The van der Waals surface area contributed by atoms with Gasteiger partial charge in [-0.25, -0.2) is 4.98 Å². The fourth-order valence-electron chi connectivity index (χ4n) is 2.82. The first-order chi connectivity index (χ1) is 8.29. The Morgan fingerprint density at radius 1 is 1.47 bits per heavy atom. The van der Waals surface area contributed by atoms with Crippen LogP contribution in [0.25, 0.3) is 0 Å². The lowest BCUT2D eigenvalue weighted by Gasteiger charge is -2.40. The first kappa shape index (κ1) is 11.2. The highest BCUT2D eigenvalue weighted by atomic mass is 32.1. The summed E-state index contributed by atoms with van der Waals surface area (Å²) < 4.78 is 5.91. The van der Waals surface area contributed by atoms with Gasteiger partial charge in [0.25, 0.3) is 5.91 Å². The van der Waals surface area contributed by atoms with Gasteiger partial charge in [-0.2, -0.15) is 0 Å². The van der Waals surface area contributed by atoms with E-state index in [0.29, 0.717) is 18.8 Å². The minimum Gasteiger partial charge on any atom is -0.371 e. The summed E-state index contributed by atoms with van der Waals surface area (Å²) in [5.41, 5.74) is 2.23. The molecule has 1 aromatic heterocycles. The van der Waals surface area contributed by atoms with E-state index in [1.807, 2.05) is 10.3 Å². The van der Waals surface area contributed by atoms with Gasteiger partial charge in [-0.1, -0.05) is 12.8 Å². The van der Waals surface area contributed by atoms with Gasteiger partial charge >= 0.3 is 0 Å². The number of hydrogen-bond donors (Lipinski definition) is 0. The average molecular weight is 252 g/mol. The molecule has 3 rings (SSSR count). The lowest BCUT2D eigenvalue weighted by atomic mass is 9.99. The van der Waals surface area contributed by atoms with Gasteiger partial charge in [0.05, 0.1) is 24.3 Å². The van der Waals surface area contributed by atoms with Crippen molar-refractivity contribution in [2.45, 2.75) is 31.3 Å². The number of thiazole rings is 1. The average Bonchev–Trinajstić information content (AvgIpc) is 3.00. The standard InChI is InChI=1S/C12H16N2O2S/c15-11(10-7-17-9-13-10)14-5-6-16-12(8-14)3-1-2-4-12/h7,9H,1-6,8H2. The number of nitrogens with zero attached hydrogens (tertiary/aromatic N) is 2. The monoisotopic (exact) mass is 252 g/mol. The van der Waals surface area contributed by atoms with E-state index in [1.54, 1.807) is 5.51 Å². The second kappa shape index (κ2) is 4.38. The molecule has 1 aromatic rings. The van der Waals surface area contributed by atoms with Gasteiger partial charge in [0.2, 0.25) is 0 Å².